The minimum Gasteiger partial charge on any atom is -0.494 e. The molecule has 0 saturated heterocycles. The van der Waals surface area contributed by atoms with Crippen molar-refractivity contribution in [2.24, 2.45) is 0 Å². The van der Waals surface area contributed by atoms with E-state index in [-0.39, 0.29) is 11.3 Å². The number of hydrogen-bond acceptors (Lipinski definition) is 5. The van der Waals surface area contributed by atoms with E-state index >= 15 is 0 Å². The van der Waals surface area contributed by atoms with Crippen LogP contribution in [-0.4, -0.2) is 32.4 Å². The SMILES string of the molecule is CCOc1ccc(-n2c(SC(C)C(=O)c3ccc(F)c(F)c3)nnc2-c2ccc(Br)cc2)cc1. The van der Waals surface area contributed by atoms with Gasteiger partial charge in [0.1, 0.15) is 5.75 Å². The quantitative estimate of drug-likeness (QED) is 0.182. The standard InChI is InChI=1S/C25H20BrF2N3O2S/c1-3-33-20-11-9-19(10-12-20)31-24(16-4-7-18(26)8-5-16)29-30-25(31)34-15(2)23(32)17-6-13-21(27)22(28)14-17/h4-15H,3H2,1-2H3. The molecule has 0 spiro atoms. The summed E-state index contributed by atoms with van der Waals surface area (Å²) in [5, 5.41) is 8.61. The first kappa shape index (κ1) is 24.1. The van der Waals surface area contributed by atoms with Crippen LogP contribution in [0, 0.1) is 11.6 Å². The van der Waals surface area contributed by atoms with Gasteiger partial charge in [0.15, 0.2) is 28.4 Å². The predicted octanol–water partition coefficient (Wildman–Crippen LogP) is 6.74. The van der Waals surface area contributed by atoms with Crippen molar-refractivity contribution in [3.8, 4) is 22.8 Å². The first-order valence-corrected chi connectivity index (χ1v) is 12.1. The molecule has 0 aliphatic rings. The zero-order valence-corrected chi connectivity index (χ0v) is 20.7. The Labute approximate surface area is 208 Å². The van der Waals surface area contributed by atoms with Crippen LogP contribution in [-0.2, 0) is 0 Å². The maximum Gasteiger partial charge on any atom is 0.196 e. The molecule has 0 aliphatic carbocycles. The average molecular weight is 544 g/mol. The van der Waals surface area contributed by atoms with E-state index < -0.39 is 16.9 Å². The minimum absolute atomic E-state index is 0.0964. The first-order chi connectivity index (χ1) is 16.4. The Morgan fingerprint density at radius 2 is 1.74 bits per heavy atom. The maximum atomic E-state index is 13.6. The van der Waals surface area contributed by atoms with Crippen molar-refractivity contribution >= 4 is 33.5 Å². The lowest BCUT2D eigenvalue weighted by Crippen LogP contribution is -2.15. The number of carbonyl (C=O) groups excluding carboxylic acids is 1. The number of benzene rings is 3. The normalized spacial score (nSPS) is 11.9. The van der Waals surface area contributed by atoms with Gasteiger partial charge in [-0.25, -0.2) is 8.78 Å². The topological polar surface area (TPSA) is 57.0 Å². The van der Waals surface area contributed by atoms with Gasteiger partial charge in [-0.15, -0.1) is 10.2 Å². The third-order valence-corrected chi connectivity index (χ3v) is 6.57. The van der Waals surface area contributed by atoms with Gasteiger partial charge in [-0.05, 0) is 68.4 Å². The number of rotatable bonds is 8. The number of Topliss-reactive ketones (excluding diaryl/α,β-unsaturated/α-hetero) is 1. The lowest BCUT2D eigenvalue weighted by molar-refractivity contribution is 0.0993. The van der Waals surface area contributed by atoms with Crippen LogP contribution in [0.25, 0.3) is 17.1 Å². The van der Waals surface area contributed by atoms with Crippen molar-refractivity contribution in [3.05, 3.63) is 88.4 Å². The fraction of sp³-hybridized carbons (Fsp3) is 0.160. The molecule has 3 aromatic carbocycles. The molecule has 0 amide bonds. The molecule has 0 bridgehead atoms. The summed E-state index contributed by atoms with van der Waals surface area (Å²) in [6.45, 7) is 4.17. The molecule has 1 aromatic heterocycles. The van der Waals surface area contributed by atoms with Crippen molar-refractivity contribution in [1.82, 2.24) is 14.8 Å². The summed E-state index contributed by atoms with van der Waals surface area (Å²) in [6, 6.07) is 18.3. The number of carbonyl (C=O) groups is 1. The van der Waals surface area contributed by atoms with Gasteiger partial charge in [-0.1, -0.05) is 39.8 Å². The summed E-state index contributed by atoms with van der Waals surface area (Å²) >= 11 is 4.64. The molecule has 0 N–H and O–H groups in total. The summed E-state index contributed by atoms with van der Waals surface area (Å²) < 4.78 is 35.3. The van der Waals surface area contributed by atoms with Gasteiger partial charge >= 0.3 is 0 Å². The second-order valence-corrected chi connectivity index (χ2v) is 9.55. The van der Waals surface area contributed by atoms with E-state index in [1.165, 1.54) is 17.8 Å². The third kappa shape index (κ3) is 5.20. The Bertz CT molecular complexity index is 1310. The number of ether oxygens (including phenoxy) is 1. The van der Waals surface area contributed by atoms with Crippen LogP contribution in [0.5, 0.6) is 5.75 Å². The monoisotopic (exact) mass is 543 g/mol. The first-order valence-electron chi connectivity index (χ1n) is 10.5. The molecule has 5 nitrogen and oxygen atoms in total. The zero-order chi connectivity index (χ0) is 24.2. The van der Waals surface area contributed by atoms with Crippen molar-refractivity contribution < 1.29 is 18.3 Å². The molecule has 34 heavy (non-hydrogen) atoms. The van der Waals surface area contributed by atoms with Gasteiger partial charge in [0.05, 0.1) is 11.9 Å². The lowest BCUT2D eigenvalue weighted by atomic mass is 10.1. The number of thioether (sulfide) groups is 1. The van der Waals surface area contributed by atoms with E-state index in [1.807, 2.05) is 60.0 Å². The fourth-order valence-corrected chi connectivity index (χ4v) is 4.53. The molecule has 1 unspecified atom stereocenters. The van der Waals surface area contributed by atoms with Crippen molar-refractivity contribution in [2.75, 3.05) is 6.61 Å². The number of ketones is 1. The highest BCUT2D eigenvalue weighted by atomic mass is 79.9. The highest BCUT2D eigenvalue weighted by Gasteiger charge is 2.23. The van der Waals surface area contributed by atoms with E-state index in [9.17, 15) is 13.6 Å². The number of nitrogens with zero attached hydrogens (tertiary/aromatic N) is 3. The van der Waals surface area contributed by atoms with Crippen molar-refractivity contribution in [1.29, 1.82) is 0 Å². The molecule has 1 heterocycles. The largest absolute Gasteiger partial charge is 0.494 e. The molecule has 0 saturated carbocycles. The smallest absolute Gasteiger partial charge is 0.196 e. The summed E-state index contributed by atoms with van der Waals surface area (Å²) in [6.07, 6.45) is 0. The molecular weight excluding hydrogens is 524 g/mol. The summed E-state index contributed by atoms with van der Waals surface area (Å²) in [5.41, 5.74) is 1.73. The van der Waals surface area contributed by atoms with E-state index in [0.29, 0.717) is 17.6 Å². The van der Waals surface area contributed by atoms with Crippen LogP contribution in [0.15, 0.2) is 76.4 Å². The average Bonchev–Trinajstić information content (AvgIpc) is 3.25. The Kier molecular flexibility index (Phi) is 7.43. The zero-order valence-electron chi connectivity index (χ0n) is 18.3. The van der Waals surface area contributed by atoms with E-state index in [0.717, 1.165) is 33.6 Å². The van der Waals surface area contributed by atoms with Crippen molar-refractivity contribution in [2.45, 2.75) is 24.3 Å². The summed E-state index contributed by atoms with van der Waals surface area (Å²) in [4.78, 5) is 12.9. The Morgan fingerprint density at radius 3 is 2.38 bits per heavy atom. The number of halogens is 3. The molecule has 174 valence electrons. The van der Waals surface area contributed by atoms with Gasteiger partial charge in [-0.3, -0.25) is 9.36 Å². The predicted molar refractivity (Wildman–Crippen MR) is 132 cm³/mol. The molecular formula is C25H20BrF2N3O2S. The summed E-state index contributed by atoms with van der Waals surface area (Å²) in [5.74, 6) is -1.05. The van der Waals surface area contributed by atoms with Crippen LogP contribution in [0.1, 0.15) is 24.2 Å². The molecule has 1 atom stereocenters. The van der Waals surface area contributed by atoms with Gasteiger partial charge in [0.25, 0.3) is 0 Å². The summed E-state index contributed by atoms with van der Waals surface area (Å²) in [7, 11) is 0. The lowest BCUT2D eigenvalue weighted by Gasteiger charge is -2.14. The van der Waals surface area contributed by atoms with Gasteiger partial charge < -0.3 is 4.74 Å². The number of hydrogen-bond donors (Lipinski definition) is 0. The van der Waals surface area contributed by atoms with Crippen LogP contribution < -0.4 is 4.74 Å². The van der Waals surface area contributed by atoms with Crippen LogP contribution in [0.2, 0.25) is 0 Å². The maximum absolute atomic E-state index is 13.6. The molecule has 4 aromatic rings. The highest BCUT2D eigenvalue weighted by molar-refractivity contribution is 9.10. The van der Waals surface area contributed by atoms with Gasteiger partial charge in [0.2, 0.25) is 0 Å². The number of aromatic nitrogens is 3. The Hall–Kier alpha value is -3.04. The molecule has 9 heteroatoms. The highest BCUT2D eigenvalue weighted by Crippen LogP contribution is 2.32. The molecule has 0 fully saturated rings. The molecule has 0 radical (unpaired) electrons. The fourth-order valence-electron chi connectivity index (χ4n) is 3.32. The van der Waals surface area contributed by atoms with Crippen LogP contribution in [0.3, 0.4) is 0 Å². The van der Waals surface area contributed by atoms with E-state index in [1.54, 1.807) is 6.92 Å². The Morgan fingerprint density at radius 1 is 1.03 bits per heavy atom. The second-order valence-electron chi connectivity index (χ2n) is 7.33. The minimum atomic E-state index is -1.06. The Balaban J connectivity index is 1.70. The van der Waals surface area contributed by atoms with Crippen LogP contribution in [0.4, 0.5) is 8.78 Å². The van der Waals surface area contributed by atoms with E-state index in [2.05, 4.69) is 26.1 Å². The van der Waals surface area contributed by atoms with Crippen LogP contribution >= 0.6 is 27.7 Å². The second kappa shape index (κ2) is 10.5. The van der Waals surface area contributed by atoms with Gasteiger partial charge in [0, 0.05) is 21.3 Å². The van der Waals surface area contributed by atoms with Gasteiger partial charge in [-0.2, -0.15) is 0 Å². The van der Waals surface area contributed by atoms with E-state index in [4.69, 9.17) is 4.74 Å². The molecule has 0 aliphatic heterocycles. The van der Waals surface area contributed by atoms with Crippen molar-refractivity contribution in [3.63, 3.8) is 0 Å². The third-order valence-electron chi connectivity index (χ3n) is 5.00. The molecule has 4 rings (SSSR count).